The Kier molecular flexibility index (Phi) is 3.58. The summed E-state index contributed by atoms with van der Waals surface area (Å²) in [6, 6.07) is 3.23. The maximum absolute atomic E-state index is 12.6. The Labute approximate surface area is 123 Å². The first-order chi connectivity index (χ1) is 9.98. The van der Waals surface area contributed by atoms with E-state index in [2.05, 4.69) is 10.3 Å². The highest BCUT2D eigenvalue weighted by atomic mass is 32.2. The smallest absolute Gasteiger partial charge is 0.262 e. The SMILES string of the molecule is Nc1cccnc1S(=O)(=O)N1CCC2NC(=O)CCC2C1. The minimum Gasteiger partial charge on any atom is -0.396 e. The Bertz CT molecular complexity index is 661. The van der Waals surface area contributed by atoms with Crippen LogP contribution in [0.15, 0.2) is 23.4 Å². The van der Waals surface area contributed by atoms with Crippen molar-refractivity contribution in [3.05, 3.63) is 18.3 Å². The molecule has 1 aromatic heterocycles. The predicted octanol–water partition coefficient (Wildman–Crippen LogP) is -0.0470. The number of nitrogens with two attached hydrogens (primary N) is 1. The number of hydrogen-bond acceptors (Lipinski definition) is 5. The number of piperidine rings is 2. The lowest BCUT2D eigenvalue weighted by atomic mass is 9.86. The zero-order valence-electron chi connectivity index (χ0n) is 11.5. The van der Waals surface area contributed by atoms with Crippen molar-refractivity contribution in [2.75, 3.05) is 18.8 Å². The summed E-state index contributed by atoms with van der Waals surface area (Å²) in [7, 11) is -3.67. The number of hydrogen-bond donors (Lipinski definition) is 2. The number of pyridine rings is 1. The quantitative estimate of drug-likeness (QED) is 0.797. The molecule has 7 nitrogen and oxygen atoms in total. The molecule has 114 valence electrons. The molecule has 0 saturated carbocycles. The highest BCUT2D eigenvalue weighted by Gasteiger charge is 2.39. The van der Waals surface area contributed by atoms with Crippen LogP contribution < -0.4 is 11.1 Å². The van der Waals surface area contributed by atoms with Gasteiger partial charge in [-0.1, -0.05) is 0 Å². The van der Waals surface area contributed by atoms with Crippen molar-refractivity contribution in [1.82, 2.24) is 14.6 Å². The molecular formula is C13H18N4O3S. The van der Waals surface area contributed by atoms with E-state index in [9.17, 15) is 13.2 Å². The van der Waals surface area contributed by atoms with Crippen molar-refractivity contribution >= 4 is 21.6 Å². The third-order valence-corrected chi connectivity index (χ3v) is 6.01. The molecule has 3 rings (SSSR count). The molecule has 0 aliphatic carbocycles. The molecule has 1 aromatic rings. The van der Waals surface area contributed by atoms with Gasteiger partial charge in [-0.2, -0.15) is 4.31 Å². The van der Waals surface area contributed by atoms with E-state index < -0.39 is 10.0 Å². The monoisotopic (exact) mass is 310 g/mol. The second kappa shape index (κ2) is 5.27. The molecule has 2 saturated heterocycles. The molecule has 1 amide bonds. The Morgan fingerprint density at radius 3 is 2.95 bits per heavy atom. The first-order valence-electron chi connectivity index (χ1n) is 6.98. The normalized spacial score (nSPS) is 27.0. The molecular weight excluding hydrogens is 292 g/mol. The van der Waals surface area contributed by atoms with Crippen LogP contribution in [-0.2, 0) is 14.8 Å². The van der Waals surface area contributed by atoms with E-state index in [1.54, 1.807) is 6.07 Å². The molecule has 2 fully saturated rings. The van der Waals surface area contributed by atoms with Crippen LogP contribution in [0.5, 0.6) is 0 Å². The van der Waals surface area contributed by atoms with Gasteiger partial charge in [0, 0.05) is 31.7 Å². The van der Waals surface area contributed by atoms with Gasteiger partial charge in [0.1, 0.15) is 0 Å². The maximum Gasteiger partial charge on any atom is 0.262 e. The largest absolute Gasteiger partial charge is 0.396 e. The highest BCUT2D eigenvalue weighted by Crippen LogP contribution is 2.29. The van der Waals surface area contributed by atoms with Gasteiger partial charge in [-0.15, -0.1) is 0 Å². The van der Waals surface area contributed by atoms with Crippen molar-refractivity contribution in [1.29, 1.82) is 0 Å². The number of sulfonamides is 1. The number of nitrogens with one attached hydrogen (secondary N) is 1. The molecule has 0 bridgehead atoms. The summed E-state index contributed by atoms with van der Waals surface area (Å²) in [5.74, 6) is 0.220. The number of aromatic nitrogens is 1. The van der Waals surface area contributed by atoms with E-state index in [1.807, 2.05) is 0 Å². The van der Waals surface area contributed by atoms with Crippen molar-refractivity contribution in [2.24, 2.45) is 5.92 Å². The zero-order chi connectivity index (χ0) is 15.0. The van der Waals surface area contributed by atoms with Crippen LogP contribution in [0, 0.1) is 5.92 Å². The van der Waals surface area contributed by atoms with Crippen LogP contribution in [0.2, 0.25) is 0 Å². The molecule has 0 aromatic carbocycles. The third kappa shape index (κ3) is 2.60. The minimum atomic E-state index is -3.67. The lowest BCUT2D eigenvalue weighted by molar-refractivity contribution is -0.124. The lowest BCUT2D eigenvalue weighted by Gasteiger charge is -2.40. The van der Waals surface area contributed by atoms with Crippen molar-refractivity contribution in [3.8, 4) is 0 Å². The summed E-state index contributed by atoms with van der Waals surface area (Å²) >= 11 is 0. The number of anilines is 1. The minimum absolute atomic E-state index is 0.0570. The number of carbonyl (C=O) groups excluding carboxylic acids is 1. The van der Waals surface area contributed by atoms with Crippen LogP contribution in [-0.4, -0.2) is 42.7 Å². The molecule has 2 unspecified atom stereocenters. The third-order valence-electron chi connectivity index (χ3n) is 4.17. The number of carbonyl (C=O) groups is 1. The lowest BCUT2D eigenvalue weighted by Crippen LogP contribution is -2.55. The average Bonchev–Trinajstić information content (AvgIpc) is 2.47. The van der Waals surface area contributed by atoms with Crippen LogP contribution in [0.1, 0.15) is 19.3 Å². The van der Waals surface area contributed by atoms with E-state index in [4.69, 9.17) is 5.73 Å². The summed E-state index contributed by atoms with van der Waals surface area (Å²) in [5.41, 5.74) is 5.90. The first kappa shape index (κ1) is 14.3. The maximum atomic E-state index is 12.6. The molecule has 0 radical (unpaired) electrons. The molecule has 2 aliphatic rings. The number of nitrogen functional groups attached to an aromatic ring is 1. The number of fused-ring (bicyclic) bond motifs is 1. The van der Waals surface area contributed by atoms with Crippen molar-refractivity contribution in [3.63, 3.8) is 0 Å². The van der Waals surface area contributed by atoms with Crippen LogP contribution >= 0.6 is 0 Å². The van der Waals surface area contributed by atoms with Crippen molar-refractivity contribution < 1.29 is 13.2 Å². The van der Waals surface area contributed by atoms with Crippen LogP contribution in [0.3, 0.4) is 0 Å². The van der Waals surface area contributed by atoms with Gasteiger partial charge in [-0.05, 0) is 30.9 Å². The standard InChI is InChI=1S/C13H18N4O3S/c14-10-2-1-6-15-13(10)21(19,20)17-7-5-11-9(8-17)3-4-12(18)16-11/h1-2,6,9,11H,3-5,7-8,14H2,(H,16,18). The Hall–Kier alpha value is -1.67. The van der Waals surface area contributed by atoms with Crippen LogP contribution in [0.25, 0.3) is 0 Å². The van der Waals surface area contributed by atoms with E-state index in [0.717, 1.165) is 6.42 Å². The Morgan fingerprint density at radius 2 is 2.19 bits per heavy atom. The van der Waals surface area contributed by atoms with Gasteiger partial charge in [0.25, 0.3) is 10.0 Å². The van der Waals surface area contributed by atoms with E-state index >= 15 is 0 Å². The Morgan fingerprint density at radius 1 is 1.38 bits per heavy atom. The second-order valence-electron chi connectivity index (χ2n) is 5.52. The van der Waals surface area contributed by atoms with Gasteiger partial charge < -0.3 is 11.1 Å². The zero-order valence-corrected chi connectivity index (χ0v) is 12.3. The van der Waals surface area contributed by atoms with Gasteiger partial charge in [-0.3, -0.25) is 4.79 Å². The average molecular weight is 310 g/mol. The molecule has 8 heteroatoms. The number of nitrogens with zero attached hydrogens (tertiary/aromatic N) is 2. The van der Waals surface area contributed by atoms with Gasteiger partial charge in [0.15, 0.2) is 5.03 Å². The molecule has 0 spiro atoms. The second-order valence-corrected chi connectivity index (χ2v) is 7.38. The molecule has 3 heterocycles. The van der Waals surface area contributed by atoms with Gasteiger partial charge >= 0.3 is 0 Å². The predicted molar refractivity (Wildman–Crippen MR) is 76.7 cm³/mol. The van der Waals surface area contributed by atoms with E-state index in [-0.39, 0.29) is 28.6 Å². The van der Waals surface area contributed by atoms with Gasteiger partial charge in [0.2, 0.25) is 5.91 Å². The summed E-state index contributed by atoms with van der Waals surface area (Å²) < 4.78 is 26.7. The fourth-order valence-corrected chi connectivity index (χ4v) is 4.57. The summed E-state index contributed by atoms with van der Waals surface area (Å²) in [5, 5.41) is 2.86. The molecule has 2 atom stereocenters. The highest BCUT2D eigenvalue weighted by molar-refractivity contribution is 7.89. The summed E-state index contributed by atoms with van der Waals surface area (Å²) in [6.45, 7) is 0.781. The Balaban J connectivity index is 1.82. The topological polar surface area (TPSA) is 105 Å². The fourth-order valence-electron chi connectivity index (χ4n) is 3.04. The first-order valence-corrected chi connectivity index (χ1v) is 8.42. The molecule has 3 N–H and O–H groups in total. The van der Waals surface area contributed by atoms with E-state index in [0.29, 0.717) is 25.9 Å². The van der Waals surface area contributed by atoms with Crippen LogP contribution in [0.4, 0.5) is 5.69 Å². The van der Waals surface area contributed by atoms with Gasteiger partial charge in [0.05, 0.1) is 5.69 Å². The summed E-state index contributed by atoms with van der Waals surface area (Å²) in [6.07, 6.45) is 3.24. The van der Waals surface area contributed by atoms with E-state index in [1.165, 1.54) is 16.6 Å². The summed E-state index contributed by atoms with van der Waals surface area (Å²) in [4.78, 5) is 15.3. The van der Waals surface area contributed by atoms with Gasteiger partial charge in [-0.25, -0.2) is 13.4 Å². The molecule has 21 heavy (non-hydrogen) atoms. The molecule has 2 aliphatic heterocycles. The number of rotatable bonds is 2. The fraction of sp³-hybridized carbons (Fsp3) is 0.538. The number of amides is 1. The van der Waals surface area contributed by atoms with Crippen molar-refractivity contribution in [2.45, 2.75) is 30.3 Å².